The Bertz CT molecular complexity index is 1370. The molecule has 4 aromatic rings. The fourth-order valence-electron chi connectivity index (χ4n) is 3.78. The zero-order valence-electron chi connectivity index (χ0n) is 17.5. The number of rotatable bonds is 4. The lowest BCUT2D eigenvalue weighted by molar-refractivity contribution is -0.113. The van der Waals surface area contributed by atoms with Crippen LogP contribution >= 0.6 is 23.2 Å². The van der Waals surface area contributed by atoms with Gasteiger partial charge in [0.2, 0.25) is 5.95 Å². The predicted molar refractivity (Wildman–Crippen MR) is 129 cm³/mol. The Balaban J connectivity index is 1.59. The van der Waals surface area contributed by atoms with Gasteiger partial charge in [0.1, 0.15) is 6.04 Å². The molecule has 7 nitrogen and oxygen atoms in total. The van der Waals surface area contributed by atoms with Crippen molar-refractivity contribution in [3.8, 4) is 11.4 Å². The number of amides is 1. The quantitative estimate of drug-likeness (QED) is 0.401. The molecule has 1 atom stereocenters. The van der Waals surface area contributed by atoms with Crippen LogP contribution in [0.3, 0.4) is 0 Å². The summed E-state index contributed by atoms with van der Waals surface area (Å²) in [6, 6.07) is 17.8. The number of nitrogens with zero attached hydrogens (tertiary/aromatic N) is 4. The SMILES string of the molecule is CC1=C(C(=O)Nc2ccccc2)C(c2ccncc2)n2nc(-c3ccc(Cl)c(Cl)c3)nc2N1. The summed E-state index contributed by atoms with van der Waals surface area (Å²) in [5.74, 6) is 0.754. The van der Waals surface area contributed by atoms with Gasteiger partial charge in [-0.05, 0) is 55.0 Å². The van der Waals surface area contributed by atoms with E-state index in [-0.39, 0.29) is 5.91 Å². The van der Waals surface area contributed by atoms with Crippen molar-refractivity contribution in [1.29, 1.82) is 0 Å². The molecule has 33 heavy (non-hydrogen) atoms. The molecule has 0 saturated carbocycles. The van der Waals surface area contributed by atoms with Crippen molar-refractivity contribution in [3.05, 3.63) is 99.9 Å². The zero-order valence-corrected chi connectivity index (χ0v) is 19.0. The number of aromatic nitrogens is 4. The molecular weight excluding hydrogens is 459 g/mol. The van der Waals surface area contributed by atoms with E-state index in [1.807, 2.05) is 49.4 Å². The van der Waals surface area contributed by atoms with Crippen LogP contribution in [0, 0.1) is 0 Å². The summed E-state index contributed by atoms with van der Waals surface area (Å²) in [6.45, 7) is 1.85. The van der Waals surface area contributed by atoms with Crippen LogP contribution in [0.2, 0.25) is 10.0 Å². The van der Waals surface area contributed by atoms with Gasteiger partial charge in [-0.15, -0.1) is 5.10 Å². The number of anilines is 2. The minimum Gasteiger partial charge on any atom is -0.328 e. The van der Waals surface area contributed by atoms with Crippen LogP contribution in [0.15, 0.2) is 84.3 Å². The Hall–Kier alpha value is -3.68. The van der Waals surface area contributed by atoms with Crippen molar-refractivity contribution in [2.24, 2.45) is 0 Å². The first-order valence-electron chi connectivity index (χ1n) is 10.2. The fourth-order valence-corrected chi connectivity index (χ4v) is 4.07. The number of benzene rings is 2. The van der Waals surface area contributed by atoms with Crippen LogP contribution in [0.4, 0.5) is 11.6 Å². The number of hydrogen-bond acceptors (Lipinski definition) is 5. The fraction of sp³-hybridized carbons (Fsp3) is 0.0833. The van der Waals surface area contributed by atoms with Gasteiger partial charge in [0.25, 0.3) is 5.91 Å². The summed E-state index contributed by atoms with van der Waals surface area (Å²) >= 11 is 12.3. The third kappa shape index (κ3) is 4.08. The maximum absolute atomic E-state index is 13.4. The maximum Gasteiger partial charge on any atom is 0.255 e. The predicted octanol–water partition coefficient (Wildman–Crippen LogP) is 5.57. The van der Waals surface area contributed by atoms with Crippen LogP contribution in [-0.4, -0.2) is 25.7 Å². The smallest absolute Gasteiger partial charge is 0.255 e. The van der Waals surface area contributed by atoms with Crippen molar-refractivity contribution in [2.75, 3.05) is 10.6 Å². The van der Waals surface area contributed by atoms with E-state index in [1.54, 1.807) is 35.3 Å². The van der Waals surface area contributed by atoms with E-state index in [0.717, 1.165) is 11.1 Å². The van der Waals surface area contributed by atoms with Crippen molar-refractivity contribution in [3.63, 3.8) is 0 Å². The molecular formula is C24H18Cl2N6O. The number of hydrogen-bond donors (Lipinski definition) is 2. The van der Waals surface area contributed by atoms with Crippen LogP contribution in [-0.2, 0) is 4.79 Å². The van der Waals surface area contributed by atoms with Gasteiger partial charge in [0.05, 0.1) is 15.6 Å². The number of pyridine rings is 1. The summed E-state index contributed by atoms with van der Waals surface area (Å²) in [5, 5.41) is 11.8. The van der Waals surface area contributed by atoms with Crippen LogP contribution in [0.5, 0.6) is 0 Å². The largest absolute Gasteiger partial charge is 0.328 e. The molecule has 0 fully saturated rings. The number of allylic oxidation sites excluding steroid dienone is 1. The van der Waals surface area contributed by atoms with Gasteiger partial charge in [-0.25, -0.2) is 4.68 Å². The first-order valence-corrected chi connectivity index (χ1v) is 10.9. The molecule has 0 saturated heterocycles. The Labute approximate surface area is 200 Å². The molecule has 2 aromatic heterocycles. The second-order valence-electron chi connectivity index (χ2n) is 7.50. The van der Waals surface area contributed by atoms with E-state index in [9.17, 15) is 4.79 Å². The summed E-state index contributed by atoms with van der Waals surface area (Å²) in [7, 11) is 0. The highest BCUT2D eigenvalue weighted by atomic mass is 35.5. The van der Waals surface area contributed by atoms with Gasteiger partial charge in [-0.1, -0.05) is 41.4 Å². The number of para-hydroxylation sites is 1. The molecule has 1 aliphatic rings. The second-order valence-corrected chi connectivity index (χ2v) is 8.31. The molecule has 0 bridgehead atoms. The highest BCUT2D eigenvalue weighted by Crippen LogP contribution is 2.37. The van der Waals surface area contributed by atoms with Crippen molar-refractivity contribution < 1.29 is 4.79 Å². The van der Waals surface area contributed by atoms with E-state index in [0.29, 0.717) is 38.8 Å². The molecule has 0 spiro atoms. The monoisotopic (exact) mass is 476 g/mol. The summed E-state index contributed by atoms with van der Waals surface area (Å²) in [4.78, 5) is 22.2. The normalized spacial score (nSPS) is 15.1. The first kappa shape index (κ1) is 21.2. The van der Waals surface area contributed by atoms with Gasteiger partial charge in [-0.2, -0.15) is 4.98 Å². The third-order valence-electron chi connectivity index (χ3n) is 5.33. The third-order valence-corrected chi connectivity index (χ3v) is 6.07. The Morgan fingerprint density at radius 2 is 1.79 bits per heavy atom. The maximum atomic E-state index is 13.4. The highest BCUT2D eigenvalue weighted by Gasteiger charge is 2.34. The molecule has 0 radical (unpaired) electrons. The standard InChI is InChI=1S/C24H18Cl2N6O/c1-14-20(23(33)29-17-5-3-2-4-6-17)21(15-9-11-27-12-10-15)32-24(28-14)30-22(31-32)16-7-8-18(25)19(26)13-16/h2-13,21H,1H3,(H,29,33)(H,28,30,31). The number of halogens is 2. The van der Waals surface area contributed by atoms with Gasteiger partial charge < -0.3 is 10.6 Å². The summed E-state index contributed by atoms with van der Waals surface area (Å²) < 4.78 is 1.71. The van der Waals surface area contributed by atoms with Crippen molar-refractivity contribution >= 4 is 40.7 Å². The van der Waals surface area contributed by atoms with Gasteiger partial charge in [0.15, 0.2) is 5.82 Å². The van der Waals surface area contributed by atoms with E-state index >= 15 is 0 Å². The van der Waals surface area contributed by atoms with Crippen LogP contribution in [0.1, 0.15) is 18.5 Å². The minimum absolute atomic E-state index is 0.231. The van der Waals surface area contributed by atoms with E-state index in [2.05, 4.69) is 20.6 Å². The molecule has 0 aliphatic carbocycles. The molecule has 2 N–H and O–H groups in total. The molecule has 164 valence electrons. The average Bonchev–Trinajstić information content (AvgIpc) is 3.24. The number of carbonyl (C=O) groups is 1. The van der Waals surface area contributed by atoms with Gasteiger partial charge >= 0.3 is 0 Å². The Kier molecular flexibility index (Phi) is 5.58. The number of fused-ring (bicyclic) bond motifs is 1. The molecule has 1 amide bonds. The average molecular weight is 477 g/mol. The summed E-state index contributed by atoms with van der Waals surface area (Å²) in [6.07, 6.45) is 3.38. The summed E-state index contributed by atoms with van der Waals surface area (Å²) in [5.41, 5.74) is 3.50. The highest BCUT2D eigenvalue weighted by molar-refractivity contribution is 6.42. The Morgan fingerprint density at radius 3 is 2.52 bits per heavy atom. The van der Waals surface area contributed by atoms with E-state index < -0.39 is 6.04 Å². The zero-order chi connectivity index (χ0) is 22.9. The lowest BCUT2D eigenvalue weighted by Gasteiger charge is -2.28. The first-order chi connectivity index (χ1) is 16.0. The molecule has 2 aromatic carbocycles. The molecule has 9 heteroatoms. The van der Waals surface area contributed by atoms with Crippen LogP contribution in [0.25, 0.3) is 11.4 Å². The van der Waals surface area contributed by atoms with Crippen molar-refractivity contribution in [1.82, 2.24) is 19.7 Å². The molecule has 5 rings (SSSR count). The lowest BCUT2D eigenvalue weighted by Crippen LogP contribution is -2.31. The topological polar surface area (TPSA) is 84.7 Å². The second kappa shape index (κ2) is 8.69. The van der Waals surface area contributed by atoms with E-state index in [1.165, 1.54) is 0 Å². The molecule has 3 heterocycles. The minimum atomic E-state index is -0.503. The van der Waals surface area contributed by atoms with E-state index in [4.69, 9.17) is 28.3 Å². The number of carbonyl (C=O) groups excluding carboxylic acids is 1. The van der Waals surface area contributed by atoms with Crippen LogP contribution < -0.4 is 10.6 Å². The number of nitrogens with one attached hydrogen (secondary N) is 2. The van der Waals surface area contributed by atoms with Crippen molar-refractivity contribution in [2.45, 2.75) is 13.0 Å². The molecule has 1 unspecified atom stereocenters. The Morgan fingerprint density at radius 1 is 1.03 bits per heavy atom. The molecule has 1 aliphatic heterocycles. The lowest BCUT2D eigenvalue weighted by atomic mass is 9.96. The van der Waals surface area contributed by atoms with Gasteiger partial charge in [-0.3, -0.25) is 9.78 Å². The van der Waals surface area contributed by atoms with Gasteiger partial charge in [0, 0.05) is 29.3 Å².